The van der Waals surface area contributed by atoms with E-state index in [1.165, 1.54) is 5.56 Å². The Morgan fingerprint density at radius 2 is 2.19 bits per heavy atom. The molecule has 1 aromatic carbocycles. The zero-order chi connectivity index (χ0) is 12.1. The molecule has 1 unspecified atom stereocenters. The third kappa shape index (κ3) is 4.00. The first kappa shape index (κ1) is 13.9. The van der Waals surface area contributed by atoms with Gasteiger partial charge in [-0.2, -0.15) is 11.8 Å². The quantitative estimate of drug-likeness (QED) is 0.847. The molecular formula is C12H19BrN2S. The van der Waals surface area contributed by atoms with E-state index in [4.69, 9.17) is 5.73 Å². The largest absolute Gasteiger partial charge is 0.399 e. The average molecular weight is 303 g/mol. The first-order valence-corrected chi connectivity index (χ1v) is 7.46. The second-order valence-corrected chi connectivity index (χ2v) is 5.84. The van der Waals surface area contributed by atoms with Gasteiger partial charge in [0, 0.05) is 28.5 Å². The standard InChI is InChI=1S/C12H19BrN2S/c1-9(8-16-3)15(2)7-10-6-11(14)4-5-12(10)13/h4-6,9H,7-8,14H2,1-3H3. The van der Waals surface area contributed by atoms with Gasteiger partial charge in [0.25, 0.3) is 0 Å². The van der Waals surface area contributed by atoms with E-state index in [1.807, 2.05) is 30.0 Å². The van der Waals surface area contributed by atoms with Crippen LogP contribution in [0.2, 0.25) is 0 Å². The number of benzene rings is 1. The van der Waals surface area contributed by atoms with Crippen LogP contribution in [0, 0.1) is 0 Å². The van der Waals surface area contributed by atoms with E-state index in [9.17, 15) is 0 Å². The van der Waals surface area contributed by atoms with Crippen molar-refractivity contribution in [3.8, 4) is 0 Å². The molecule has 0 aliphatic heterocycles. The van der Waals surface area contributed by atoms with Gasteiger partial charge < -0.3 is 5.73 Å². The fourth-order valence-corrected chi connectivity index (χ4v) is 2.62. The fraction of sp³-hybridized carbons (Fsp3) is 0.500. The van der Waals surface area contributed by atoms with Crippen LogP contribution in [0.25, 0.3) is 0 Å². The highest BCUT2D eigenvalue weighted by Crippen LogP contribution is 2.21. The van der Waals surface area contributed by atoms with Crippen molar-refractivity contribution in [2.75, 3.05) is 24.8 Å². The molecule has 0 aliphatic rings. The number of nitrogens with zero attached hydrogens (tertiary/aromatic N) is 1. The van der Waals surface area contributed by atoms with Crippen LogP contribution in [0.3, 0.4) is 0 Å². The van der Waals surface area contributed by atoms with Crippen molar-refractivity contribution in [3.05, 3.63) is 28.2 Å². The van der Waals surface area contributed by atoms with E-state index in [2.05, 4.69) is 41.1 Å². The number of rotatable bonds is 5. The third-order valence-corrected chi connectivity index (χ3v) is 4.24. The molecule has 4 heteroatoms. The number of nitrogen functional groups attached to an aromatic ring is 1. The summed E-state index contributed by atoms with van der Waals surface area (Å²) in [6.45, 7) is 3.17. The van der Waals surface area contributed by atoms with Crippen molar-refractivity contribution in [1.29, 1.82) is 0 Å². The smallest absolute Gasteiger partial charge is 0.0318 e. The summed E-state index contributed by atoms with van der Waals surface area (Å²) in [6, 6.07) is 6.53. The molecule has 0 saturated heterocycles. The summed E-state index contributed by atoms with van der Waals surface area (Å²) in [4.78, 5) is 2.34. The second-order valence-electron chi connectivity index (χ2n) is 4.07. The summed E-state index contributed by atoms with van der Waals surface area (Å²) in [6.07, 6.45) is 2.14. The van der Waals surface area contributed by atoms with E-state index < -0.39 is 0 Å². The van der Waals surface area contributed by atoms with Gasteiger partial charge >= 0.3 is 0 Å². The van der Waals surface area contributed by atoms with Crippen LogP contribution in [-0.4, -0.2) is 30.0 Å². The summed E-state index contributed by atoms with van der Waals surface area (Å²) in [5.41, 5.74) is 7.86. The Balaban J connectivity index is 2.68. The highest BCUT2D eigenvalue weighted by atomic mass is 79.9. The molecule has 2 N–H and O–H groups in total. The summed E-state index contributed by atoms with van der Waals surface area (Å²) >= 11 is 5.44. The number of halogens is 1. The van der Waals surface area contributed by atoms with Gasteiger partial charge in [0.15, 0.2) is 0 Å². The lowest BCUT2D eigenvalue weighted by atomic mass is 10.2. The first-order chi connectivity index (χ1) is 7.54. The summed E-state index contributed by atoms with van der Waals surface area (Å²) in [5, 5.41) is 0. The number of hydrogen-bond acceptors (Lipinski definition) is 3. The highest BCUT2D eigenvalue weighted by molar-refractivity contribution is 9.10. The molecule has 0 bridgehead atoms. The van der Waals surface area contributed by atoms with Crippen molar-refractivity contribution < 1.29 is 0 Å². The van der Waals surface area contributed by atoms with Crippen molar-refractivity contribution >= 4 is 33.4 Å². The fourth-order valence-electron chi connectivity index (χ4n) is 1.51. The van der Waals surface area contributed by atoms with Crippen molar-refractivity contribution in [1.82, 2.24) is 4.90 Å². The van der Waals surface area contributed by atoms with Gasteiger partial charge in [-0.05, 0) is 44.0 Å². The summed E-state index contributed by atoms with van der Waals surface area (Å²) in [7, 11) is 2.15. The molecule has 1 atom stereocenters. The Kier molecular flexibility index (Phi) is 5.66. The lowest BCUT2D eigenvalue weighted by Gasteiger charge is -2.24. The normalized spacial score (nSPS) is 13.1. The van der Waals surface area contributed by atoms with E-state index in [1.54, 1.807) is 0 Å². The molecule has 0 aromatic heterocycles. The molecule has 0 aliphatic carbocycles. The van der Waals surface area contributed by atoms with Gasteiger partial charge in [-0.25, -0.2) is 0 Å². The molecule has 1 aromatic rings. The van der Waals surface area contributed by atoms with E-state index >= 15 is 0 Å². The van der Waals surface area contributed by atoms with Crippen LogP contribution in [0.1, 0.15) is 12.5 Å². The van der Waals surface area contributed by atoms with Gasteiger partial charge in [-0.3, -0.25) is 4.90 Å². The summed E-state index contributed by atoms with van der Waals surface area (Å²) < 4.78 is 1.13. The Morgan fingerprint density at radius 3 is 2.81 bits per heavy atom. The molecule has 90 valence electrons. The monoisotopic (exact) mass is 302 g/mol. The molecule has 0 heterocycles. The molecule has 0 radical (unpaired) electrons. The molecule has 0 spiro atoms. The zero-order valence-electron chi connectivity index (χ0n) is 10.0. The maximum atomic E-state index is 5.79. The van der Waals surface area contributed by atoms with Crippen LogP contribution in [0.15, 0.2) is 22.7 Å². The maximum Gasteiger partial charge on any atom is 0.0318 e. The lowest BCUT2D eigenvalue weighted by molar-refractivity contribution is 0.269. The van der Waals surface area contributed by atoms with E-state index in [0.29, 0.717) is 6.04 Å². The van der Waals surface area contributed by atoms with Crippen molar-refractivity contribution in [3.63, 3.8) is 0 Å². The minimum atomic E-state index is 0.573. The number of anilines is 1. The Morgan fingerprint density at radius 1 is 1.50 bits per heavy atom. The van der Waals surface area contributed by atoms with Crippen LogP contribution in [0.4, 0.5) is 5.69 Å². The predicted molar refractivity (Wildman–Crippen MR) is 77.9 cm³/mol. The van der Waals surface area contributed by atoms with Gasteiger partial charge in [0.05, 0.1) is 0 Å². The van der Waals surface area contributed by atoms with E-state index in [0.717, 1.165) is 22.5 Å². The zero-order valence-corrected chi connectivity index (χ0v) is 12.4. The highest BCUT2D eigenvalue weighted by Gasteiger charge is 2.10. The third-order valence-electron chi connectivity index (χ3n) is 2.65. The minimum absolute atomic E-state index is 0.573. The van der Waals surface area contributed by atoms with Gasteiger partial charge in [-0.15, -0.1) is 0 Å². The maximum absolute atomic E-state index is 5.79. The molecule has 0 fully saturated rings. The number of thioether (sulfide) groups is 1. The Hall–Kier alpha value is -0.190. The topological polar surface area (TPSA) is 29.3 Å². The van der Waals surface area contributed by atoms with Gasteiger partial charge in [-0.1, -0.05) is 15.9 Å². The van der Waals surface area contributed by atoms with Crippen molar-refractivity contribution in [2.45, 2.75) is 19.5 Å². The number of hydrogen-bond donors (Lipinski definition) is 1. The van der Waals surface area contributed by atoms with Crippen LogP contribution < -0.4 is 5.73 Å². The van der Waals surface area contributed by atoms with E-state index in [-0.39, 0.29) is 0 Å². The van der Waals surface area contributed by atoms with Gasteiger partial charge in [0.1, 0.15) is 0 Å². The SMILES string of the molecule is CSCC(C)N(C)Cc1cc(N)ccc1Br. The Labute approximate surface area is 111 Å². The van der Waals surface area contributed by atoms with Crippen LogP contribution >= 0.6 is 27.7 Å². The molecular weight excluding hydrogens is 284 g/mol. The molecule has 16 heavy (non-hydrogen) atoms. The molecule has 0 amide bonds. The minimum Gasteiger partial charge on any atom is -0.399 e. The first-order valence-electron chi connectivity index (χ1n) is 5.27. The van der Waals surface area contributed by atoms with Crippen LogP contribution in [-0.2, 0) is 6.54 Å². The predicted octanol–water partition coefficient (Wildman–Crippen LogP) is 3.21. The molecule has 0 saturated carbocycles. The van der Waals surface area contributed by atoms with Gasteiger partial charge in [0.2, 0.25) is 0 Å². The molecule has 2 nitrogen and oxygen atoms in total. The summed E-state index contributed by atoms with van der Waals surface area (Å²) in [5.74, 6) is 1.15. The number of nitrogens with two attached hydrogens (primary N) is 1. The van der Waals surface area contributed by atoms with Crippen LogP contribution in [0.5, 0.6) is 0 Å². The average Bonchev–Trinajstić information content (AvgIpc) is 2.23. The molecule has 1 rings (SSSR count). The lowest BCUT2D eigenvalue weighted by Crippen LogP contribution is -2.30. The Bertz CT molecular complexity index is 344. The van der Waals surface area contributed by atoms with Crippen molar-refractivity contribution in [2.24, 2.45) is 0 Å². The second kappa shape index (κ2) is 6.52.